The summed E-state index contributed by atoms with van der Waals surface area (Å²) in [6, 6.07) is 16.1. The summed E-state index contributed by atoms with van der Waals surface area (Å²) in [4.78, 5) is 25.8. The number of hydrogen-bond acceptors (Lipinski definition) is 4. The Kier molecular flexibility index (Phi) is 7.10. The van der Waals surface area contributed by atoms with Gasteiger partial charge in [-0.15, -0.1) is 0 Å². The van der Waals surface area contributed by atoms with Crippen molar-refractivity contribution >= 4 is 29.3 Å². The van der Waals surface area contributed by atoms with Crippen LogP contribution in [-0.4, -0.2) is 15.1 Å². The highest BCUT2D eigenvalue weighted by atomic mass is 35.5. The summed E-state index contributed by atoms with van der Waals surface area (Å²) >= 11 is 7.31. The lowest BCUT2D eigenvalue weighted by Gasteiger charge is -2.27. The molecule has 3 aromatic rings. The van der Waals surface area contributed by atoms with Crippen LogP contribution < -0.4 is 10.7 Å². The van der Waals surface area contributed by atoms with Gasteiger partial charge in [-0.25, -0.2) is 0 Å². The van der Waals surface area contributed by atoms with Gasteiger partial charge in [0.1, 0.15) is 0 Å². The van der Waals surface area contributed by atoms with E-state index in [0.717, 1.165) is 23.1 Å². The lowest BCUT2D eigenvalue weighted by molar-refractivity contribution is 0.103. The average Bonchev–Trinajstić information content (AvgIpc) is 2.75. The molecule has 0 aliphatic heterocycles. The summed E-state index contributed by atoms with van der Waals surface area (Å²) in [5, 5.41) is 6.45. The summed E-state index contributed by atoms with van der Waals surface area (Å²) in [5.74, 6) is -0.00814. The summed E-state index contributed by atoms with van der Waals surface area (Å²) < 4.78 is 1.41. The number of hydrogen-bond donors (Lipinski definition) is 1. The molecule has 2 aromatic carbocycles. The number of nitrogens with zero attached hydrogens (tertiary/aromatic N) is 1. The molecule has 31 heavy (non-hydrogen) atoms. The first-order valence-electron chi connectivity index (χ1n) is 10.1. The van der Waals surface area contributed by atoms with E-state index in [1.807, 2.05) is 30.5 Å². The largest absolute Gasteiger partial charge is 0.318 e. The van der Waals surface area contributed by atoms with Crippen LogP contribution in [0.25, 0.3) is 11.1 Å². The fourth-order valence-corrected chi connectivity index (χ4v) is 4.32. The topological polar surface area (TPSA) is 65.1 Å². The summed E-state index contributed by atoms with van der Waals surface area (Å²) in [6.45, 7) is 6.28. The van der Waals surface area contributed by atoms with Crippen LogP contribution in [0.3, 0.4) is 0 Å². The number of rotatable bonds is 7. The Morgan fingerprint density at radius 3 is 2.42 bits per heavy atom. The Bertz CT molecular complexity index is 1150. The van der Waals surface area contributed by atoms with Gasteiger partial charge in [-0.3, -0.25) is 14.7 Å². The van der Waals surface area contributed by atoms with Gasteiger partial charge in [0, 0.05) is 45.8 Å². The standard InChI is InChI=1S/C25H27ClN2O2S/c1-16(14-25(2,3)31-27)21-13-23(29)28(4)15-22(21)19-7-5-6-8-20(19)24(30)17-9-11-18(26)12-10-17/h5-13,15-16H,14,27H2,1-4H3/t16-/m0/s1. The van der Waals surface area contributed by atoms with E-state index in [0.29, 0.717) is 16.1 Å². The molecule has 2 N–H and O–H groups in total. The number of ketones is 1. The second-order valence-electron chi connectivity index (χ2n) is 8.46. The normalized spacial score (nSPS) is 12.6. The highest BCUT2D eigenvalue weighted by molar-refractivity contribution is 7.98. The minimum atomic E-state index is -0.142. The first-order chi connectivity index (χ1) is 14.6. The minimum Gasteiger partial charge on any atom is -0.318 e. The molecular weight excluding hydrogens is 428 g/mol. The Hall–Kier alpha value is -2.34. The van der Waals surface area contributed by atoms with Gasteiger partial charge in [0.25, 0.3) is 5.56 Å². The molecule has 0 aliphatic carbocycles. The Morgan fingerprint density at radius 2 is 1.77 bits per heavy atom. The van der Waals surface area contributed by atoms with Crippen molar-refractivity contribution in [2.45, 2.75) is 37.9 Å². The monoisotopic (exact) mass is 454 g/mol. The van der Waals surface area contributed by atoms with Crippen molar-refractivity contribution in [1.29, 1.82) is 0 Å². The van der Waals surface area contributed by atoms with Crippen molar-refractivity contribution in [3.8, 4) is 11.1 Å². The van der Waals surface area contributed by atoms with E-state index in [4.69, 9.17) is 16.7 Å². The third-order valence-corrected chi connectivity index (χ3v) is 6.53. The van der Waals surface area contributed by atoms with E-state index >= 15 is 0 Å². The third-order valence-electron chi connectivity index (χ3n) is 5.48. The van der Waals surface area contributed by atoms with Crippen LogP contribution in [0.4, 0.5) is 0 Å². The maximum atomic E-state index is 13.3. The van der Waals surface area contributed by atoms with Gasteiger partial charge in [0.15, 0.2) is 5.78 Å². The van der Waals surface area contributed by atoms with E-state index in [1.165, 1.54) is 11.9 Å². The lowest BCUT2D eigenvalue weighted by Crippen LogP contribution is -2.23. The zero-order valence-corrected chi connectivity index (χ0v) is 19.8. The molecule has 6 heteroatoms. The second kappa shape index (κ2) is 9.43. The molecule has 0 saturated carbocycles. The Morgan fingerprint density at radius 1 is 1.13 bits per heavy atom. The number of pyridine rings is 1. The van der Waals surface area contributed by atoms with Crippen molar-refractivity contribution < 1.29 is 4.79 Å². The van der Waals surface area contributed by atoms with E-state index in [9.17, 15) is 9.59 Å². The Balaban J connectivity index is 2.15. The van der Waals surface area contributed by atoms with Crippen LogP contribution in [0.15, 0.2) is 65.6 Å². The van der Waals surface area contributed by atoms with Gasteiger partial charge >= 0.3 is 0 Å². The fraction of sp³-hybridized carbons (Fsp3) is 0.280. The molecule has 3 rings (SSSR count). The zero-order chi connectivity index (χ0) is 22.8. The van der Waals surface area contributed by atoms with Crippen molar-refractivity contribution in [2.75, 3.05) is 0 Å². The predicted molar refractivity (Wildman–Crippen MR) is 131 cm³/mol. The first kappa shape index (κ1) is 23.3. The molecule has 0 unspecified atom stereocenters. The van der Waals surface area contributed by atoms with Crippen LogP contribution >= 0.6 is 23.5 Å². The van der Waals surface area contributed by atoms with Crippen molar-refractivity contribution in [1.82, 2.24) is 4.57 Å². The number of aromatic nitrogens is 1. The molecule has 162 valence electrons. The molecule has 0 amide bonds. The summed E-state index contributed by atoms with van der Waals surface area (Å²) in [7, 11) is 1.73. The highest BCUT2D eigenvalue weighted by Gasteiger charge is 2.25. The molecule has 0 aliphatic rings. The zero-order valence-electron chi connectivity index (χ0n) is 18.2. The Labute approximate surface area is 192 Å². The molecule has 4 nitrogen and oxygen atoms in total. The molecule has 0 fully saturated rings. The SMILES string of the molecule is C[C@@H](CC(C)(C)SN)c1cc(=O)n(C)cc1-c1ccccc1C(=O)c1ccc(Cl)cc1. The molecule has 1 heterocycles. The minimum absolute atomic E-state index is 0.0774. The highest BCUT2D eigenvalue weighted by Crippen LogP contribution is 2.37. The maximum Gasteiger partial charge on any atom is 0.250 e. The number of nitrogens with two attached hydrogens (primary N) is 1. The van der Waals surface area contributed by atoms with Gasteiger partial charge in [-0.05, 0) is 61.6 Å². The molecule has 0 radical (unpaired) electrons. The number of carbonyl (C=O) groups is 1. The first-order valence-corrected chi connectivity index (χ1v) is 11.4. The quantitative estimate of drug-likeness (QED) is 0.361. The van der Waals surface area contributed by atoms with Gasteiger partial charge < -0.3 is 4.57 Å². The molecule has 1 aromatic heterocycles. The number of halogens is 1. The molecule has 0 bridgehead atoms. The molecule has 1 atom stereocenters. The lowest BCUT2D eigenvalue weighted by atomic mass is 9.85. The van der Waals surface area contributed by atoms with Gasteiger partial charge in [0.2, 0.25) is 0 Å². The number of aryl methyl sites for hydroxylation is 1. The fourth-order valence-electron chi connectivity index (χ4n) is 3.85. The summed E-state index contributed by atoms with van der Waals surface area (Å²) in [6.07, 6.45) is 2.62. The van der Waals surface area contributed by atoms with Crippen molar-refractivity contribution in [3.05, 3.63) is 92.9 Å². The number of benzene rings is 2. The van der Waals surface area contributed by atoms with E-state index < -0.39 is 0 Å². The van der Waals surface area contributed by atoms with Crippen molar-refractivity contribution in [3.63, 3.8) is 0 Å². The van der Waals surface area contributed by atoms with Gasteiger partial charge in [-0.1, -0.05) is 54.7 Å². The van der Waals surface area contributed by atoms with E-state index in [2.05, 4.69) is 20.8 Å². The predicted octanol–water partition coefficient (Wildman–Crippen LogP) is 5.82. The average molecular weight is 455 g/mol. The smallest absolute Gasteiger partial charge is 0.250 e. The molecular formula is C25H27ClN2O2S. The van der Waals surface area contributed by atoms with Crippen LogP contribution in [0, 0.1) is 0 Å². The van der Waals surface area contributed by atoms with Gasteiger partial charge in [0.05, 0.1) is 0 Å². The molecule has 0 spiro atoms. The van der Waals surface area contributed by atoms with Crippen LogP contribution in [0.5, 0.6) is 0 Å². The number of carbonyl (C=O) groups excluding carboxylic acids is 1. The van der Waals surface area contributed by atoms with E-state index in [-0.39, 0.29) is 22.0 Å². The summed E-state index contributed by atoms with van der Waals surface area (Å²) in [5.41, 5.74) is 3.68. The molecule has 0 saturated heterocycles. The van der Waals surface area contributed by atoms with E-state index in [1.54, 1.807) is 41.9 Å². The van der Waals surface area contributed by atoms with Crippen LogP contribution in [0.1, 0.15) is 54.6 Å². The third kappa shape index (κ3) is 5.29. The van der Waals surface area contributed by atoms with Gasteiger partial charge in [-0.2, -0.15) is 0 Å². The van der Waals surface area contributed by atoms with Crippen LogP contribution in [-0.2, 0) is 7.05 Å². The van der Waals surface area contributed by atoms with Crippen LogP contribution in [0.2, 0.25) is 5.02 Å². The second-order valence-corrected chi connectivity index (χ2v) is 10.2. The maximum absolute atomic E-state index is 13.3. The van der Waals surface area contributed by atoms with Crippen molar-refractivity contribution in [2.24, 2.45) is 12.2 Å².